The highest BCUT2D eigenvalue weighted by Crippen LogP contribution is 2.38. The van der Waals surface area contributed by atoms with E-state index in [0.29, 0.717) is 23.0 Å². The summed E-state index contributed by atoms with van der Waals surface area (Å²) in [5.74, 6) is 1.85. The number of aryl methyl sites for hydroxylation is 1. The van der Waals surface area contributed by atoms with Crippen LogP contribution in [0.3, 0.4) is 0 Å². The lowest BCUT2D eigenvalue weighted by Crippen LogP contribution is -2.09. The van der Waals surface area contributed by atoms with Crippen molar-refractivity contribution in [2.45, 2.75) is 45.0 Å². The van der Waals surface area contributed by atoms with Crippen molar-refractivity contribution in [3.63, 3.8) is 0 Å². The largest absolute Gasteiger partial charge is 0.324 e. The first kappa shape index (κ1) is 12.9. The van der Waals surface area contributed by atoms with Gasteiger partial charge in [0, 0.05) is 12.1 Å². The molecule has 0 aliphatic heterocycles. The van der Waals surface area contributed by atoms with E-state index in [9.17, 15) is 4.39 Å². The van der Waals surface area contributed by atoms with E-state index in [1.54, 1.807) is 6.92 Å². The first-order chi connectivity index (χ1) is 9.10. The van der Waals surface area contributed by atoms with Gasteiger partial charge in [-0.3, -0.25) is 0 Å². The zero-order chi connectivity index (χ0) is 13.6. The third-order valence-electron chi connectivity index (χ3n) is 3.97. The molecule has 0 N–H and O–H groups in total. The van der Waals surface area contributed by atoms with Crippen LogP contribution in [0.25, 0.3) is 11.0 Å². The van der Waals surface area contributed by atoms with Gasteiger partial charge in [-0.15, -0.1) is 11.6 Å². The van der Waals surface area contributed by atoms with Crippen molar-refractivity contribution in [1.29, 1.82) is 0 Å². The second-order valence-corrected chi connectivity index (χ2v) is 5.92. The molecule has 1 saturated carbocycles. The van der Waals surface area contributed by atoms with E-state index in [1.807, 2.05) is 6.07 Å². The van der Waals surface area contributed by atoms with Crippen LogP contribution in [-0.2, 0) is 5.88 Å². The fraction of sp³-hybridized carbons (Fsp3) is 0.533. The van der Waals surface area contributed by atoms with Crippen molar-refractivity contribution >= 4 is 22.6 Å². The van der Waals surface area contributed by atoms with E-state index in [0.717, 1.165) is 23.7 Å². The zero-order valence-electron chi connectivity index (χ0n) is 11.3. The van der Waals surface area contributed by atoms with E-state index in [4.69, 9.17) is 11.6 Å². The average molecular weight is 281 g/mol. The van der Waals surface area contributed by atoms with Crippen LogP contribution < -0.4 is 0 Å². The van der Waals surface area contributed by atoms with Crippen LogP contribution in [0.4, 0.5) is 4.39 Å². The molecule has 1 unspecified atom stereocenters. The molecule has 0 bridgehead atoms. The third kappa shape index (κ3) is 2.36. The summed E-state index contributed by atoms with van der Waals surface area (Å²) in [6.07, 6.45) is 3.83. The predicted octanol–water partition coefficient (Wildman–Crippen LogP) is 4.58. The monoisotopic (exact) mass is 280 g/mol. The highest BCUT2D eigenvalue weighted by Gasteiger charge is 2.26. The van der Waals surface area contributed by atoms with Crippen LogP contribution in [0.1, 0.15) is 43.6 Å². The summed E-state index contributed by atoms with van der Waals surface area (Å²) < 4.78 is 15.8. The smallest absolute Gasteiger partial charge is 0.128 e. The molecule has 1 aliphatic carbocycles. The number of benzene rings is 1. The topological polar surface area (TPSA) is 17.8 Å². The standard InChI is InChI=1S/C15H18ClFN2/c1-9-5-14-13(7-12(9)17)18-15(8-16)19(14)10(2)6-11-3-4-11/h5,7,10-11H,3-4,6,8H2,1-2H3. The molecule has 1 aliphatic rings. The summed E-state index contributed by atoms with van der Waals surface area (Å²) in [6, 6.07) is 3.77. The summed E-state index contributed by atoms with van der Waals surface area (Å²) in [5.41, 5.74) is 2.37. The Morgan fingerprint density at radius 1 is 1.47 bits per heavy atom. The second-order valence-electron chi connectivity index (χ2n) is 5.65. The van der Waals surface area contributed by atoms with Crippen LogP contribution >= 0.6 is 11.6 Å². The second kappa shape index (κ2) is 4.78. The fourth-order valence-electron chi connectivity index (χ4n) is 2.80. The number of alkyl halides is 1. The number of hydrogen-bond donors (Lipinski definition) is 0. The fourth-order valence-corrected chi connectivity index (χ4v) is 2.99. The quantitative estimate of drug-likeness (QED) is 0.749. The maximum Gasteiger partial charge on any atom is 0.128 e. The number of aromatic nitrogens is 2. The van der Waals surface area contributed by atoms with Crippen molar-refractivity contribution in [2.75, 3.05) is 0 Å². The molecule has 0 radical (unpaired) electrons. The normalized spacial score (nSPS) is 17.1. The van der Waals surface area contributed by atoms with Gasteiger partial charge in [-0.1, -0.05) is 12.8 Å². The zero-order valence-corrected chi connectivity index (χ0v) is 12.0. The van der Waals surface area contributed by atoms with E-state index in [-0.39, 0.29) is 5.82 Å². The first-order valence-electron chi connectivity index (χ1n) is 6.83. The van der Waals surface area contributed by atoms with Crippen molar-refractivity contribution in [3.8, 4) is 0 Å². The molecule has 1 heterocycles. The number of fused-ring (bicyclic) bond motifs is 1. The minimum absolute atomic E-state index is 0.201. The molecule has 1 aromatic carbocycles. The third-order valence-corrected chi connectivity index (χ3v) is 4.21. The van der Waals surface area contributed by atoms with Crippen LogP contribution in [0, 0.1) is 18.7 Å². The molecule has 19 heavy (non-hydrogen) atoms. The van der Waals surface area contributed by atoms with Crippen LogP contribution in [0.15, 0.2) is 12.1 Å². The summed E-state index contributed by atoms with van der Waals surface area (Å²) in [7, 11) is 0. The van der Waals surface area contributed by atoms with Gasteiger partial charge < -0.3 is 4.57 Å². The molecular formula is C15H18ClFN2. The Kier molecular flexibility index (Phi) is 3.25. The van der Waals surface area contributed by atoms with Gasteiger partial charge in [-0.25, -0.2) is 9.37 Å². The minimum Gasteiger partial charge on any atom is -0.324 e. The summed E-state index contributed by atoms with van der Waals surface area (Å²) in [6.45, 7) is 3.99. The van der Waals surface area contributed by atoms with Gasteiger partial charge in [0.05, 0.1) is 16.9 Å². The van der Waals surface area contributed by atoms with Gasteiger partial charge in [0.15, 0.2) is 0 Å². The molecule has 0 spiro atoms. The number of halogens is 2. The molecule has 0 saturated heterocycles. The minimum atomic E-state index is -0.201. The predicted molar refractivity (Wildman–Crippen MR) is 76.0 cm³/mol. The molecule has 1 fully saturated rings. The van der Waals surface area contributed by atoms with Crippen molar-refractivity contribution in [1.82, 2.24) is 9.55 Å². The Morgan fingerprint density at radius 3 is 2.84 bits per heavy atom. The Hall–Kier alpha value is -1.09. The highest BCUT2D eigenvalue weighted by atomic mass is 35.5. The number of imidazole rings is 1. The molecule has 1 atom stereocenters. The van der Waals surface area contributed by atoms with Crippen molar-refractivity contribution in [3.05, 3.63) is 29.3 Å². The highest BCUT2D eigenvalue weighted by molar-refractivity contribution is 6.16. The van der Waals surface area contributed by atoms with Gasteiger partial charge in [-0.05, 0) is 37.8 Å². The first-order valence-corrected chi connectivity index (χ1v) is 7.36. The molecule has 2 aromatic rings. The maximum absolute atomic E-state index is 13.6. The molecule has 4 heteroatoms. The van der Waals surface area contributed by atoms with Crippen LogP contribution in [-0.4, -0.2) is 9.55 Å². The summed E-state index contributed by atoms with van der Waals surface area (Å²) >= 11 is 6.00. The maximum atomic E-state index is 13.6. The SMILES string of the molecule is Cc1cc2c(cc1F)nc(CCl)n2C(C)CC1CC1. The molecule has 0 amide bonds. The van der Waals surface area contributed by atoms with E-state index >= 15 is 0 Å². The van der Waals surface area contributed by atoms with E-state index in [1.165, 1.54) is 18.9 Å². The number of rotatable bonds is 4. The van der Waals surface area contributed by atoms with Gasteiger partial charge in [-0.2, -0.15) is 0 Å². The molecule has 102 valence electrons. The molecule has 2 nitrogen and oxygen atoms in total. The lowest BCUT2D eigenvalue weighted by Gasteiger charge is -2.17. The average Bonchev–Trinajstić information content (AvgIpc) is 3.10. The summed E-state index contributed by atoms with van der Waals surface area (Å²) in [5, 5.41) is 0. The van der Waals surface area contributed by atoms with Gasteiger partial charge in [0.25, 0.3) is 0 Å². The molecule has 3 rings (SSSR count). The Labute approximate surface area is 117 Å². The van der Waals surface area contributed by atoms with Gasteiger partial charge in [0.2, 0.25) is 0 Å². The number of nitrogens with zero attached hydrogens (tertiary/aromatic N) is 2. The van der Waals surface area contributed by atoms with Gasteiger partial charge >= 0.3 is 0 Å². The molecule has 1 aromatic heterocycles. The Morgan fingerprint density at radius 2 is 2.21 bits per heavy atom. The van der Waals surface area contributed by atoms with Crippen LogP contribution in [0.2, 0.25) is 0 Å². The Bertz CT molecular complexity index is 616. The van der Waals surface area contributed by atoms with E-state index < -0.39 is 0 Å². The number of hydrogen-bond acceptors (Lipinski definition) is 1. The molecular weight excluding hydrogens is 263 g/mol. The van der Waals surface area contributed by atoms with Crippen LogP contribution in [0.5, 0.6) is 0 Å². The van der Waals surface area contributed by atoms with E-state index in [2.05, 4.69) is 16.5 Å². The van der Waals surface area contributed by atoms with Crippen molar-refractivity contribution < 1.29 is 4.39 Å². The lowest BCUT2D eigenvalue weighted by atomic mass is 10.1. The van der Waals surface area contributed by atoms with Crippen molar-refractivity contribution in [2.24, 2.45) is 5.92 Å². The lowest BCUT2D eigenvalue weighted by molar-refractivity contribution is 0.477. The van der Waals surface area contributed by atoms with Gasteiger partial charge in [0.1, 0.15) is 11.6 Å². The Balaban J connectivity index is 2.10. The summed E-state index contributed by atoms with van der Waals surface area (Å²) in [4.78, 5) is 4.47.